The number of hydrogen-bond acceptors (Lipinski definition) is 1. The van der Waals surface area contributed by atoms with Crippen LogP contribution in [-0.4, -0.2) is 9.78 Å². The molecule has 0 aliphatic heterocycles. The molecular weight excluding hydrogens is 217 g/mol. The molecule has 2 aromatic rings. The van der Waals surface area contributed by atoms with Gasteiger partial charge < -0.3 is 0 Å². The Balaban J connectivity index is 2.45. The van der Waals surface area contributed by atoms with Gasteiger partial charge in [-0.1, -0.05) is 0 Å². The second kappa shape index (κ2) is 3.66. The van der Waals surface area contributed by atoms with Gasteiger partial charge in [-0.2, -0.15) is 18.3 Å². The van der Waals surface area contributed by atoms with Crippen molar-refractivity contribution in [2.24, 2.45) is 0 Å². The van der Waals surface area contributed by atoms with Crippen LogP contribution in [-0.2, 0) is 6.18 Å². The van der Waals surface area contributed by atoms with E-state index in [9.17, 15) is 13.2 Å². The molecule has 0 amide bonds. The Labute approximate surface area is 90.3 Å². The van der Waals surface area contributed by atoms with E-state index in [1.54, 1.807) is 18.5 Å². The van der Waals surface area contributed by atoms with Gasteiger partial charge in [-0.15, -0.1) is 0 Å². The summed E-state index contributed by atoms with van der Waals surface area (Å²) >= 11 is 0. The Bertz CT molecular complexity index is 486. The monoisotopic (exact) mass is 226 g/mol. The summed E-state index contributed by atoms with van der Waals surface area (Å²) in [5.41, 5.74) is 0.208. The highest BCUT2D eigenvalue weighted by atomic mass is 19.4. The number of alkyl halides is 3. The molecule has 16 heavy (non-hydrogen) atoms. The van der Waals surface area contributed by atoms with Crippen molar-refractivity contribution in [1.82, 2.24) is 9.78 Å². The zero-order chi connectivity index (χ0) is 11.8. The van der Waals surface area contributed by atoms with E-state index in [1.807, 2.05) is 0 Å². The molecule has 0 atom stereocenters. The summed E-state index contributed by atoms with van der Waals surface area (Å²) < 4.78 is 39.0. The first-order valence-corrected chi connectivity index (χ1v) is 4.66. The molecule has 0 aliphatic carbocycles. The van der Waals surface area contributed by atoms with Gasteiger partial charge >= 0.3 is 6.18 Å². The Hall–Kier alpha value is -1.78. The topological polar surface area (TPSA) is 17.8 Å². The molecule has 1 aromatic heterocycles. The summed E-state index contributed by atoms with van der Waals surface area (Å²) in [4.78, 5) is 0. The quantitative estimate of drug-likeness (QED) is 0.730. The van der Waals surface area contributed by atoms with Crippen LogP contribution in [0.1, 0.15) is 11.1 Å². The molecule has 0 saturated heterocycles. The van der Waals surface area contributed by atoms with E-state index in [-0.39, 0.29) is 5.56 Å². The Morgan fingerprint density at radius 3 is 2.50 bits per heavy atom. The van der Waals surface area contributed by atoms with Gasteiger partial charge in [0.15, 0.2) is 0 Å². The van der Waals surface area contributed by atoms with Crippen molar-refractivity contribution < 1.29 is 13.2 Å². The van der Waals surface area contributed by atoms with Gasteiger partial charge in [0.25, 0.3) is 0 Å². The van der Waals surface area contributed by atoms with Crippen LogP contribution in [0.2, 0.25) is 0 Å². The maximum absolute atomic E-state index is 12.5. The molecule has 1 heterocycles. The lowest BCUT2D eigenvalue weighted by Gasteiger charge is -2.11. The highest BCUT2D eigenvalue weighted by Gasteiger charge is 2.32. The average Bonchev–Trinajstić information content (AvgIpc) is 2.68. The second-order valence-electron chi connectivity index (χ2n) is 3.45. The van der Waals surface area contributed by atoms with Crippen molar-refractivity contribution in [3.63, 3.8) is 0 Å². The van der Waals surface area contributed by atoms with Gasteiger partial charge in [-0.05, 0) is 36.8 Å². The molecule has 5 heteroatoms. The molecule has 0 aliphatic rings. The zero-order valence-electron chi connectivity index (χ0n) is 8.49. The Morgan fingerprint density at radius 1 is 1.25 bits per heavy atom. The van der Waals surface area contributed by atoms with E-state index in [0.717, 1.165) is 6.07 Å². The Kier molecular flexibility index (Phi) is 2.46. The minimum Gasteiger partial charge on any atom is -0.241 e. The summed E-state index contributed by atoms with van der Waals surface area (Å²) in [5, 5.41) is 3.95. The summed E-state index contributed by atoms with van der Waals surface area (Å²) in [6.45, 7) is 1.44. The van der Waals surface area contributed by atoms with Crippen LogP contribution in [0.15, 0.2) is 36.7 Å². The summed E-state index contributed by atoms with van der Waals surface area (Å²) in [6.07, 6.45) is -1.04. The molecule has 0 fully saturated rings. The predicted octanol–water partition coefficient (Wildman–Crippen LogP) is 3.20. The molecule has 1 aromatic carbocycles. The fourth-order valence-electron chi connectivity index (χ4n) is 1.53. The van der Waals surface area contributed by atoms with Gasteiger partial charge in [-0.3, -0.25) is 0 Å². The maximum Gasteiger partial charge on any atom is 0.416 e. The third-order valence-electron chi connectivity index (χ3n) is 2.28. The van der Waals surface area contributed by atoms with E-state index in [4.69, 9.17) is 0 Å². The molecule has 0 N–H and O–H groups in total. The second-order valence-corrected chi connectivity index (χ2v) is 3.45. The summed E-state index contributed by atoms with van der Waals surface area (Å²) in [5.74, 6) is 0. The number of halogens is 3. The van der Waals surface area contributed by atoms with Gasteiger partial charge in [0.05, 0.1) is 11.3 Å². The lowest BCUT2D eigenvalue weighted by Crippen LogP contribution is -2.08. The molecule has 0 unspecified atom stereocenters. The van der Waals surface area contributed by atoms with Crippen molar-refractivity contribution >= 4 is 0 Å². The van der Waals surface area contributed by atoms with Gasteiger partial charge in [0, 0.05) is 12.4 Å². The third-order valence-corrected chi connectivity index (χ3v) is 2.28. The zero-order valence-corrected chi connectivity index (χ0v) is 8.49. The summed E-state index contributed by atoms with van der Waals surface area (Å²) in [7, 11) is 0. The van der Waals surface area contributed by atoms with E-state index >= 15 is 0 Å². The fourth-order valence-corrected chi connectivity index (χ4v) is 1.53. The SMILES string of the molecule is Cc1cc(-n2cccn2)ccc1C(F)(F)F. The lowest BCUT2D eigenvalue weighted by atomic mass is 10.1. The van der Waals surface area contributed by atoms with Crippen LogP contribution in [0, 0.1) is 6.92 Å². The van der Waals surface area contributed by atoms with Crippen molar-refractivity contribution in [2.45, 2.75) is 13.1 Å². The van der Waals surface area contributed by atoms with Crippen LogP contribution < -0.4 is 0 Å². The smallest absolute Gasteiger partial charge is 0.241 e. The summed E-state index contributed by atoms with van der Waals surface area (Å²) in [6, 6.07) is 5.66. The molecule has 0 saturated carbocycles. The molecule has 0 bridgehead atoms. The van der Waals surface area contributed by atoms with Gasteiger partial charge in [-0.25, -0.2) is 4.68 Å². The minimum atomic E-state index is -4.30. The molecule has 0 spiro atoms. The van der Waals surface area contributed by atoms with Crippen molar-refractivity contribution in [3.05, 3.63) is 47.8 Å². The van der Waals surface area contributed by atoms with Crippen LogP contribution in [0.5, 0.6) is 0 Å². The van der Waals surface area contributed by atoms with Crippen LogP contribution >= 0.6 is 0 Å². The Morgan fingerprint density at radius 2 is 2.00 bits per heavy atom. The molecule has 2 rings (SSSR count). The number of benzene rings is 1. The largest absolute Gasteiger partial charge is 0.416 e. The van der Waals surface area contributed by atoms with Gasteiger partial charge in [0.2, 0.25) is 0 Å². The fraction of sp³-hybridized carbons (Fsp3) is 0.182. The first kappa shape index (κ1) is 10.7. The number of aryl methyl sites for hydroxylation is 1. The first-order chi connectivity index (χ1) is 7.48. The van der Waals surface area contributed by atoms with Crippen molar-refractivity contribution in [2.75, 3.05) is 0 Å². The maximum atomic E-state index is 12.5. The first-order valence-electron chi connectivity index (χ1n) is 4.66. The number of aromatic nitrogens is 2. The molecule has 2 nitrogen and oxygen atoms in total. The van der Waals surface area contributed by atoms with Crippen molar-refractivity contribution in [1.29, 1.82) is 0 Å². The van der Waals surface area contributed by atoms with E-state index in [1.165, 1.54) is 23.7 Å². The standard InChI is InChI=1S/C11H9F3N2/c1-8-7-9(16-6-2-5-15-16)3-4-10(8)11(12,13)14/h2-7H,1H3. The number of nitrogens with zero attached hydrogens (tertiary/aromatic N) is 2. The van der Waals surface area contributed by atoms with E-state index in [2.05, 4.69) is 5.10 Å². The minimum absolute atomic E-state index is 0.195. The highest BCUT2D eigenvalue weighted by molar-refractivity contribution is 5.40. The van der Waals surface area contributed by atoms with Crippen LogP contribution in [0.25, 0.3) is 5.69 Å². The number of rotatable bonds is 1. The van der Waals surface area contributed by atoms with Gasteiger partial charge in [0.1, 0.15) is 0 Å². The molecule has 0 radical (unpaired) electrons. The molecular formula is C11H9F3N2. The molecule has 84 valence electrons. The van der Waals surface area contributed by atoms with E-state index < -0.39 is 11.7 Å². The normalized spacial score (nSPS) is 11.8. The highest BCUT2D eigenvalue weighted by Crippen LogP contribution is 2.32. The lowest BCUT2D eigenvalue weighted by molar-refractivity contribution is -0.138. The number of hydrogen-bond donors (Lipinski definition) is 0. The van der Waals surface area contributed by atoms with Crippen molar-refractivity contribution in [3.8, 4) is 5.69 Å². The average molecular weight is 226 g/mol. The third kappa shape index (κ3) is 1.93. The van der Waals surface area contributed by atoms with Crippen LogP contribution in [0.4, 0.5) is 13.2 Å². The predicted molar refractivity (Wildman–Crippen MR) is 53.3 cm³/mol. The van der Waals surface area contributed by atoms with Crippen LogP contribution in [0.3, 0.4) is 0 Å². The van der Waals surface area contributed by atoms with E-state index in [0.29, 0.717) is 5.69 Å².